The highest BCUT2D eigenvalue weighted by Gasteiger charge is 2.16. The molecule has 0 aromatic heterocycles. The summed E-state index contributed by atoms with van der Waals surface area (Å²) < 4.78 is 10.7. The van der Waals surface area contributed by atoms with Crippen LogP contribution in [0.15, 0.2) is 18.2 Å². The van der Waals surface area contributed by atoms with Crippen molar-refractivity contribution in [1.82, 2.24) is 5.32 Å². The highest BCUT2D eigenvalue weighted by molar-refractivity contribution is 5.80. The van der Waals surface area contributed by atoms with Crippen LogP contribution < -0.4 is 15.8 Å². The molecular weight excluding hydrogens is 268 g/mol. The number of methoxy groups -OCH3 is 1. The van der Waals surface area contributed by atoms with Crippen molar-refractivity contribution in [3.63, 3.8) is 0 Å². The molecule has 3 N–H and O–H groups in total. The standard InChI is InChI=1S/C16H26N2O3/c1-11-5-6-15(14(9-11)10-12(2)17)21-13(3)16(19)18-7-8-20-4/h5-6,9,12-13H,7-8,10,17H2,1-4H3,(H,18,19). The molecule has 2 unspecified atom stereocenters. The maximum Gasteiger partial charge on any atom is 0.260 e. The van der Waals surface area contributed by atoms with Crippen LogP contribution in [-0.4, -0.2) is 38.3 Å². The lowest BCUT2D eigenvalue weighted by atomic mass is 10.0. The summed E-state index contributed by atoms with van der Waals surface area (Å²) in [6.07, 6.45) is 0.158. The number of nitrogens with one attached hydrogen (secondary N) is 1. The summed E-state index contributed by atoms with van der Waals surface area (Å²) in [5, 5.41) is 2.76. The highest BCUT2D eigenvalue weighted by atomic mass is 16.5. The number of hydrogen-bond donors (Lipinski definition) is 2. The fourth-order valence-corrected chi connectivity index (χ4v) is 1.99. The van der Waals surface area contributed by atoms with Crippen LogP contribution in [0.2, 0.25) is 0 Å². The minimum absolute atomic E-state index is 0.0417. The molecule has 0 fully saturated rings. The Balaban J connectivity index is 2.70. The van der Waals surface area contributed by atoms with E-state index in [2.05, 4.69) is 5.32 Å². The van der Waals surface area contributed by atoms with Gasteiger partial charge in [0.2, 0.25) is 0 Å². The molecule has 0 aliphatic heterocycles. The van der Waals surface area contributed by atoms with Crippen molar-refractivity contribution in [2.75, 3.05) is 20.3 Å². The van der Waals surface area contributed by atoms with E-state index in [1.165, 1.54) is 0 Å². The summed E-state index contributed by atoms with van der Waals surface area (Å²) >= 11 is 0. The summed E-state index contributed by atoms with van der Waals surface area (Å²) in [6.45, 7) is 6.67. The Hall–Kier alpha value is -1.59. The van der Waals surface area contributed by atoms with Gasteiger partial charge in [-0.2, -0.15) is 0 Å². The largest absolute Gasteiger partial charge is 0.481 e. The number of aryl methyl sites for hydroxylation is 1. The number of amides is 1. The van der Waals surface area contributed by atoms with Crippen LogP contribution >= 0.6 is 0 Å². The van der Waals surface area contributed by atoms with Crippen LogP contribution in [0.1, 0.15) is 25.0 Å². The second-order valence-corrected chi connectivity index (χ2v) is 5.34. The molecule has 1 amide bonds. The van der Waals surface area contributed by atoms with Gasteiger partial charge in [-0.1, -0.05) is 17.7 Å². The zero-order chi connectivity index (χ0) is 15.8. The lowest BCUT2D eigenvalue weighted by molar-refractivity contribution is -0.127. The molecule has 0 aliphatic rings. The number of carbonyl (C=O) groups is 1. The van der Waals surface area contributed by atoms with Gasteiger partial charge in [-0.15, -0.1) is 0 Å². The number of hydrogen-bond acceptors (Lipinski definition) is 4. The molecule has 0 aliphatic carbocycles. The Labute approximate surface area is 126 Å². The third-order valence-corrected chi connectivity index (χ3v) is 3.04. The Morgan fingerprint density at radius 3 is 2.71 bits per heavy atom. The van der Waals surface area contributed by atoms with Crippen LogP contribution in [0.3, 0.4) is 0 Å². The van der Waals surface area contributed by atoms with Gasteiger partial charge >= 0.3 is 0 Å². The van der Waals surface area contributed by atoms with Crippen molar-refractivity contribution in [2.24, 2.45) is 5.73 Å². The fourth-order valence-electron chi connectivity index (χ4n) is 1.99. The first kappa shape index (κ1) is 17.5. The molecule has 2 atom stereocenters. The first-order valence-corrected chi connectivity index (χ1v) is 7.22. The second-order valence-electron chi connectivity index (χ2n) is 5.34. The van der Waals surface area contributed by atoms with Gasteiger partial charge in [-0.3, -0.25) is 4.79 Å². The van der Waals surface area contributed by atoms with E-state index in [-0.39, 0.29) is 11.9 Å². The van der Waals surface area contributed by atoms with Gasteiger partial charge in [0, 0.05) is 19.7 Å². The van der Waals surface area contributed by atoms with E-state index in [0.717, 1.165) is 17.5 Å². The van der Waals surface area contributed by atoms with Crippen LogP contribution in [0.4, 0.5) is 0 Å². The molecule has 21 heavy (non-hydrogen) atoms. The molecule has 0 heterocycles. The number of benzene rings is 1. The number of nitrogens with two attached hydrogens (primary N) is 1. The van der Waals surface area contributed by atoms with E-state index in [9.17, 15) is 4.79 Å². The predicted octanol–water partition coefficient (Wildman–Crippen LogP) is 1.41. The van der Waals surface area contributed by atoms with Crippen molar-refractivity contribution in [3.05, 3.63) is 29.3 Å². The van der Waals surface area contributed by atoms with Gasteiger partial charge < -0.3 is 20.5 Å². The summed E-state index contributed by atoms with van der Waals surface area (Å²) in [6, 6.07) is 5.95. The summed E-state index contributed by atoms with van der Waals surface area (Å²) in [4.78, 5) is 11.9. The van der Waals surface area contributed by atoms with Gasteiger partial charge in [-0.05, 0) is 38.8 Å². The molecular formula is C16H26N2O3. The summed E-state index contributed by atoms with van der Waals surface area (Å²) in [7, 11) is 1.60. The summed E-state index contributed by atoms with van der Waals surface area (Å²) in [5.41, 5.74) is 8.04. The van der Waals surface area contributed by atoms with E-state index >= 15 is 0 Å². The molecule has 0 bridgehead atoms. The first-order chi connectivity index (χ1) is 9.93. The van der Waals surface area contributed by atoms with Crippen molar-refractivity contribution >= 4 is 5.91 Å². The zero-order valence-corrected chi connectivity index (χ0v) is 13.3. The molecule has 0 saturated heterocycles. The van der Waals surface area contributed by atoms with Gasteiger partial charge in [-0.25, -0.2) is 0 Å². The van der Waals surface area contributed by atoms with E-state index in [0.29, 0.717) is 18.9 Å². The average Bonchev–Trinajstić information content (AvgIpc) is 2.41. The van der Waals surface area contributed by atoms with E-state index in [1.807, 2.05) is 32.0 Å². The Bertz CT molecular complexity index is 461. The minimum atomic E-state index is -0.559. The molecule has 1 rings (SSSR count). The molecule has 5 heteroatoms. The predicted molar refractivity (Wildman–Crippen MR) is 83.5 cm³/mol. The lowest BCUT2D eigenvalue weighted by Crippen LogP contribution is -2.38. The third-order valence-electron chi connectivity index (χ3n) is 3.04. The molecule has 5 nitrogen and oxygen atoms in total. The normalized spacial score (nSPS) is 13.6. The number of rotatable bonds is 8. The molecule has 0 spiro atoms. The van der Waals surface area contributed by atoms with Gasteiger partial charge in [0.1, 0.15) is 5.75 Å². The van der Waals surface area contributed by atoms with Crippen LogP contribution in [0.5, 0.6) is 5.75 Å². The van der Waals surface area contributed by atoms with Crippen LogP contribution in [0, 0.1) is 6.92 Å². The third kappa shape index (κ3) is 6.14. The quantitative estimate of drug-likeness (QED) is 0.711. The minimum Gasteiger partial charge on any atom is -0.481 e. The second kappa shape index (κ2) is 8.64. The maximum absolute atomic E-state index is 11.9. The van der Waals surface area contributed by atoms with Crippen molar-refractivity contribution in [3.8, 4) is 5.75 Å². The highest BCUT2D eigenvalue weighted by Crippen LogP contribution is 2.22. The van der Waals surface area contributed by atoms with Crippen molar-refractivity contribution in [2.45, 2.75) is 39.3 Å². The Kier molecular flexibility index (Phi) is 7.19. The molecule has 0 radical (unpaired) electrons. The molecule has 0 saturated carbocycles. The molecule has 1 aromatic carbocycles. The molecule has 118 valence electrons. The van der Waals surface area contributed by atoms with Crippen LogP contribution in [-0.2, 0) is 16.0 Å². The number of carbonyl (C=O) groups excluding carboxylic acids is 1. The first-order valence-electron chi connectivity index (χ1n) is 7.22. The smallest absolute Gasteiger partial charge is 0.260 e. The SMILES string of the molecule is COCCNC(=O)C(C)Oc1ccc(C)cc1CC(C)N. The van der Waals surface area contributed by atoms with Crippen molar-refractivity contribution in [1.29, 1.82) is 0 Å². The lowest BCUT2D eigenvalue weighted by Gasteiger charge is -2.18. The maximum atomic E-state index is 11.9. The van der Waals surface area contributed by atoms with Gasteiger partial charge in [0.25, 0.3) is 5.91 Å². The Morgan fingerprint density at radius 2 is 2.10 bits per heavy atom. The Morgan fingerprint density at radius 1 is 1.38 bits per heavy atom. The molecule has 1 aromatic rings. The summed E-state index contributed by atoms with van der Waals surface area (Å²) in [5.74, 6) is 0.562. The van der Waals surface area contributed by atoms with Gasteiger partial charge in [0.05, 0.1) is 6.61 Å². The fraction of sp³-hybridized carbons (Fsp3) is 0.562. The average molecular weight is 294 g/mol. The van der Waals surface area contributed by atoms with Crippen LogP contribution in [0.25, 0.3) is 0 Å². The van der Waals surface area contributed by atoms with E-state index in [4.69, 9.17) is 15.2 Å². The monoisotopic (exact) mass is 294 g/mol. The topological polar surface area (TPSA) is 73.6 Å². The zero-order valence-electron chi connectivity index (χ0n) is 13.3. The number of ether oxygens (including phenoxy) is 2. The van der Waals surface area contributed by atoms with Crippen molar-refractivity contribution < 1.29 is 14.3 Å². The van der Waals surface area contributed by atoms with Gasteiger partial charge in [0.15, 0.2) is 6.10 Å². The van der Waals surface area contributed by atoms with E-state index < -0.39 is 6.10 Å². The van der Waals surface area contributed by atoms with E-state index in [1.54, 1.807) is 14.0 Å².